The van der Waals surface area contributed by atoms with E-state index in [-0.39, 0.29) is 0 Å². The SMILES string of the molecule is Cc1ccc(SN2CCc3c(cnc4[nH]ncc34)C2)cc1Cl. The van der Waals surface area contributed by atoms with Crippen molar-refractivity contribution in [2.45, 2.75) is 24.8 Å². The van der Waals surface area contributed by atoms with Crippen molar-refractivity contribution in [3.8, 4) is 0 Å². The zero-order valence-corrected chi connectivity index (χ0v) is 13.7. The van der Waals surface area contributed by atoms with Gasteiger partial charge >= 0.3 is 0 Å². The number of benzene rings is 1. The summed E-state index contributed by atoms with van der Waals surface area (Å²) in [5.74, 6) is 0. The highest BCUT2D eigenvalue weighted by Gasteiger charge is 2.20. The average Bonchev–Trinajstić information content (AvgIpc) is 2.99. The lowest BCUT2D eigenvalue weighted by atomic mass is 10.0. The largest absolute Gasteiger partial charge is 0.261 e. The lowest BCUT2D eigenvalue weighted by molar-refractivity contribution is 0.445. The van der Waals surface area contributed by atoms with Crippen LogP contribution in [-0.2, 0) is 13.0 Å². The Hall–Kier alpha value is -1.56. The van der Waals surface area contributed by atoms with E-state index in [1.807, 2.05) is 25.4 Å². The van der Waals surface area contributed by atoms with E-state index >= 15 is 0 Å². The van der Waals surface area contributed by atoms with E-state index < -0.39 is 0 Å². The van der Waals surface area contributed by atoms with Crippen molar-refractivity contribution in [3.05, 3.63) is 52.3 Å². The van der Waals surface area contributed by atoms with Crippen LogP contribution in [0.5, 0.6) is 0 Å². The van der Waals surface area contributed by atoms with Gasteiger partial charge in [-0.05, 0) is 54.1 Å². The molecule has 0 atom stereocenters. The minimum Gasteiger partial charge on any atom is -0.261 e. The third kappa shape index (κ3) is 2.49. The number of aryl methyl sites for hydroxylation is 1. The molecule has 0 saturated heterocycles. The summed E-state index contributed by atoms with van der Waals surface area (Å²) < 4.78 is 2.36. The molecule has 4 nitrogen and oxygen atoms in total. The first kappa shape index (κ1) is 14.1. The molecule has 112 valence electrons. The van der Waals surface area contributed by atoms with E-state index in [1.165, 1.54) is 16.0 Å². The van der Waals surface area contributed by atoms with E-state index in [4.69, 9.17) is 11.6 Å². The summed E-state index contributed by atoms with van der Waals surface area (Å²) >= 11 is 7.97. The molecular formula is C16H15ClN4S. The van der Waals surface area contributed by atoms with Gasteiger partial charge in [0.05, 0.1) is 6.20 Å². The Morgan fingerprint density at radius 2 is 2.23 bits per heavy atom. The lowest BCUT2D eigenvalue weighted by Crippen LogP contribution is -2.24. The van der Waals surface area contributed by atoms with Crippen LogP contribution in [-0.4, -0.2) is 26.0 Å². The summed E-state index contributed by atoms with van der Waals surface area (Å²) in [5, 5.41) is 9.01. The van der Waals surface area contributed by atoms with Crippen LogP contribution in [0.15, 0.2) is 35.5 Å². The van der Waals surface area contributed by atoms with E-state index in [0.29, 0.717) is 0 Å². The lowest BCUT2D eigenvalue weighted by Gasteiger charge is -2.27. The topological polar surface area (TPSA) is 44.8 Å². The molecule has 0 radical (unpaired) electrons. The fraction of sp³-hybridized carbons (Fsp3) is 0.250. The number of hydrogen-bond donors (Lipinski definition) is 1. The molecule has 1 aliphatic heterocycles. The molecule has 0 unspecified atom stereocenters. The van der Waals surface area contributed by atoms with E-state index in [0.717, 1.165) is 41.1 Å². The normalized spacial score (nSPS) is 15.2. The number of halogens is 1. The molecule has 0 amide bonds. The molecule has 3 heterocycles. The smallest absolute Gasteiger partial charge is 0.155 e. The van der Waals surface area contributed by atoms with Crippen LogP contribution in [0.1, 0.15) is 16.7 Å². The Labute approximate surface area is 138 Å². The maximum absolute atomic E-state index is 6.21. The highest BCUT2D eigenvalue weighted by molar-refractivity contribution is 7.97. The highest BCUT2D eigenvalue weighted by atomic mass is 35.5. The van der Waals surface area contributed by atoms with Crippen LogP contribution in [0, 0.1) is 6.92 Å². The monoisotopic (exact) mass is 330 g/mol. The number of nitrogens with one attached hydrogen (secondary N) is 1. The summed E-state index contributed by atoms with van der Waals surface area (Å²) in [4.78, 5) is 5.62. The van der Waals surface area contributed by atoms with Crippen molar-refractivity contribution < 1.29 is 0 Å². The van der Waals surface area contributed by atoms with E-state index in [9.17, 15) is 0 Å². The molecule has 0 bridgehead atoms. The number of rotatable bonds is 2. The second-order valence-corrected chi connectivity index (χ2v) is 7.09. The fourth-order valence-electron chi connectivity index (χ4n) is 2.79. The Morgan fingerprint density at radius 3 is 3.09 bits per heavy atom. The van der Waals surface area contributed by atoms with Crippen molar-refractivity contribution in [1.82, 2.24) is 19.5 Å². The Kier molecular flexibility index (Phi) is 3.56. The predicted molar refractivity (Wildman–Crippen MR) is 90.0 cm³/mol. The first-order valence-electron chi connectivity index (χ1n) is 7.19. The minimum atomic E-state index is 0.823. The predicted octanol–water partition coefficient (Wildman–Crippen LogP) is 3.99. The molecule has 0 saturated carbocycles. The van der Waals surface area contributed by atoms with Crippen LogP contribution >= 0.6 is 23.5 Å². The summed E-state index contributed by atoms with van der Waals surface area (Å²) in [6, 6.07) is 6.23. The first-order chi connectivity index (χ1) is 10.7. The molecule has 6 heteroatoms. The van der Waals surface area contributed by atoms with Gasteiger partial charge < -0.3 is 0 Å². The zero-order chi connectivity index (χ0) is 15.1. The quantitative estimate of drug-likeness (QED) is 0.722. The number of aromatic amines is 1. The van der Waals surface area contributed by atoms with Crippen molar-refractivity contribution in [2.75, 3.05) is 6.54 Å². The third-order valence-electron chi connectivity index (χ3n) is 4.02. The number of pyridine rings is 1. The number of H-pyrrole nitrogens is 1. The molecule has 1 aromatic carbocycles. The third-order valence-corrected chi connectivity index (χ3v) is 5.46. The Morgan fingerprint density at radius 1 is 1.32 bits per heavy atom. The molecule has 22 heavy (non-hydrogen) atoms. The minimum absolute atomic E-state index is 0.823. The molecule has 1 N–H and O–H groups in total. The summed E-state index contributed by atoms with van der Waals surface area (Å²) in [6.45, 7) is 3.92. The summed E-state index contributed by atoms with van der Waals surface area (Å²) in [6.07, 6.45) is 4.86. The molecule has 0 spiro atoms. The van der Waals surface area contributed by atoms with Gasteiger partial charge in [0.1, 0.15) is 0 Å². The van der Waals surface area contributed by atoms with E-state index in [1.54, 1.807) is 11.9 Å². The zero-order valence-electron chi connectivity index (χ0n) is 12.1. The number of aromatic nitrogens is 3. The van der Waals surface area contributed by atoms with Crippen LogP contribution in [0.2, 0.25) is 5.02 Å². The van der Waals surface area contributed by atoms with Gasteiger partial charge in [0, 0.05) is 34.6 Å². The standard InChI is InChI=1S/C16H15ClN4S/c1-10-2-3-12(6-15(10)17)22-21-5-4-13-11(9-21)7-18-16-14(13)8-19-20-16/h2-3,6-8H,4-5,9H2,1H3,(H,18,19,20). The van der Waals surface area contributed by atoms with Gasteiger partial charge in [-0.15, -0.1) is 0 Å². The molecule has 2 aromatic heterocycles. The van der Waals surface area contributed by atoms with Gasteiger partial charge in [-0.2, -0.15) is 5.10 Å². The van der Waals surface area contributed by atoms with E-state index in [2.05, 4.69) is 31.6 Å². The molecule has 4 rings (SSSR count). The Bertz CT molecular complexity index is 845. The van der Waals surface area contributed by atoms with Gasteiger partial charge in [0.25, 0.3) is 0 Å². The van der Waals surface area contributed by atoms with Crippen LogP contribution < -0.4 is 0 Å². The van der Waals surface area contributed by atoms with Crippen molar-refractivity contribution >= 4 is 34.6 Å². The highest BCUT2D eigenvalue weighted by Crippen LogP contribution is 2.33. The van der Waals surface area contributed by atoms with Gasteiger partial charge in [-0.25, -0.2) is 9.29 Å². The second kappa shape index (κ2) is 5.57. The molecule has 3 aromatic rings. The van der Waals surface area contributed by atoms with Crippen LogP contribution in [0.25, 0.3) is 11.0 Å². The number of nitrogens with zero attached hydrogens (tertiary/aromatic N) is 3. The van der Waals surface area contributed by atoms with Gasteiger partial charge in [0.2, 0.25) is 0 Å². The van der Waals surface area contributed by atoms with Crippen molar-refractivity contribution in [2.24, 2.45) is 0 Å². The molecule has 0 fully saturated rings. The maximum Gasteiger partial charge on any atom is 0.155 e. The summed E-state index contributed by atoms with van der Waals surface area (Å²) in [5.41, 5.74) is 4.65. The van der Waals surface area contributed by atoms with Gasteiger partial charge in [0.15, 0.2) is 5.65 Å². The first-order valence-corrected chi connectivity index (χ1v) is 8.35. The van der Waals surface area contributed by atoms with Gasteiger partial charge in [-0.1, -0.05) is 17.7 Å². The fourth-order valence-corrected chi connectivity index (χ4v) is 4.02. The van der Waals surface area contributed by atoms with Crippen LogP contribution in [0.3, 0.4) is 0 Å². The number of fused-ring (bicyclic) bond motifs is 3. The number of hydrogen-bond acceptors (Lipinski definition) is 4. The summed E-state index contributed by atoms with van der Waals surface area (Å²) in [7, 11) is 0. The van der Waals surface area contributed by atoms with Gasteiger partial charge in [-0.3, -0.25) is 5.10 Å². The Balaban J connectivity index is 1.57. The maximum atomic E-state index is 6.21. The average molecular weight is 331 g/mol. The molecule has 0 aliphatic carbocycles. The van der Waals surface area contributed by atoms with Crippen molar-refractivity contribution in [3.63, 3.8) is 0 Å². The molecular weight excluding hydrogens is 316 g/mol. The molecule has 1 aliphatic rings. The van der Waals surface area contributed by atoms with Crippen molar-refractivity contribution in [1.29, 1.82) is 0 Å². The van der Waals surface area contributed by atoms with Crippen LogP contribution in [0.4, 0.5) is 0 Å². The second-order valence-electron chi connectivity index (χ2n) is 5.51.